The lowest BCUT2D eigenvalue weighted by atomic mass is 10.1. The smallest absolute Gasteiger partial charge is 0.185 e. The maximum atomic E-state index is 10.1. The molecule has 0 atom stereocenters. The van der Waals surface area contributed by atoms with Crippen LogP contribution < -0.4 is 4.74 Å². The van der Waals surface area contributed by atoms with Gasteiger partial charge in [0.25, 0.3) is 0 Å². The Morgan fingerprint density at radius 3 is 2.52 bits per heavy atom. The van der Waals surface area contributed by atoms with Crippen LogP contribution in [-0.4, -0.2) is 12.2 Å². The second-order valence-electron chi connectivity index (χ2n) is 4.69. The van der Waals surface area contributed by atoms with Gasteiger partial charge >= 0.3 is 0 Å². The summed E-state index contributed by atoms with van der Waals surface area (Å²) >= 11 is 0. The molecule has 0 aliphatic rings. The van der Waals surface area contributed by atoms with Gasteiger partial charge in [-0.1, -0.05) is 23.8 Å². The van der Waals surface area contributed by atoms with Gasteiger partial charge in [0.1, 0.15) is 5.69 Å². The molecule has 0 fully saturated rings. The van der Waals surface area contributed by atoms with Crippen molar-refractivity contribution in [2.24, 2.45) is 10.2 Å². The average molecular weight is 282 g/mol. The standard InChI is InChI=1S/C17H18N2O2/c1-4-5-13-10-15(17(20)16(11-13)21-3)19-18-14-8-6-12(2)7-9-14/h4,6-11,20H,1,5H2,2-3H3. The molecule has 0 amide bonds. The Morgan fingerprint density at radius 2 is 1.90 bits per heavy atom. The molecule has 0 aliphatic heterocycles. The number of hydrogen-bond acceptors (Lipinski definition) is 4. The monoisotopic (exact) mass is 282 g/mol. The lowest BCUT2D eigenvalue weighted by molar-refractivity contribution is 0.374. The van der Waals surface area contributed by atoms with E-state index in [1.807, 2.05) is 31.2 Å². The summed E-state index contributed by atoms with van der Waals surface area (Å²) in [5, 5.41) is 18.4. The summed E-state index contributed by atoms with van der Waals surface area (Å²) in [6.07, 6.45) is 2.45. The average Bonchev–Trinajstić information content (AvgIpc) is 2.49. The summed E-state index contributed by atoms with van der Waals surface area (Å²) in [6.45, 7) is 5.72. The molecule has 0 spiro atoms. The van der Waals surface area contributed by atoms with Crippen LogP contribution in [0.25, 0.3) is 0 Å². The summed E-state index contributed by atoms with van der Waals surface area (Å²) in [6, 6.07) is 11.2. The van der Waals surface area contributed by atoms with E-state index in [2.05, 4.69) is 16.8 Å². The third-order valence-corrected chi connectivity index (χ3v) is 3.02. The zero-order chi connectivity index (χ0) is 15.2. The summed E-state index contributed by atoms with van der Waals surface area (Å²) in [5.41, 5.74) is 3.23. The van der Waals surface area contributed by atoms with Crippen LogP contribution in [0, 0.1) is 6.92 Å². The van der Waals surface area contributed by atoms with Gasteiger partial charge in [0.2, 0.25) is 0 Å². The van der Waals surface area contributed by atoms with E-state index in [0.717, 1.165) is 16.8 Å². The quantitative estimate of drug-likeness (QED) is 0.629. The Kier molecular flexibility index (Phi) is 4.72. The Morgan fingerprint density at radius 1 is 1.19 bits per heavy atom. The third kappa shape index (κ3) is 3.69. The van der Waals surface area contributed by atoms with E-state index in [9.17, 15) is 5.11 Å². The molecule has 108 valence electrons. The summed E-state index contributed by atoms with van der Waals surface area (Å²) in [7, 11) is 1.51. The van der Waals surface area contributed by atoms with Crippen LogP contribution in [-0.2, 0) is 6.42 Å². The van der Waals surface area contributed by atoms with Gasteiger partial charge in [-0.05, 0) is 43.2 Å². The number of aromatic hydroxyl groups is 1. The molecule has 0 heterocycles. The SMILES string of the molecule is C=CCc1cc(N=Nc2ccc(C)cc2)c(O)c(OC)c1. The molecule has 0 saturated heterocycles. The van der Waals surface area contributed by atoms with Gasteiger partial charge in [0, 0.05) is 0 Å². The van der Waals surface area contributed by atoms with Crippen LogP contribution in [0.1, 0.15) is 11.1 Å². The Balaban J connectivity index is 2.35. The maximum absolute atomic E-state index is 10.1. The van der Waals surface area contributed by atoms with Crippen molar-refractivity contribution in [2.45, 2.75) is 13.3 Å². The highest BCUT2D eigenvalue weighted by Crippen LogP contribution is 2.38. The number of allylic oxidation sites excluding steroid dienone is 1. The molecular formula is C17H18N2O2. The van der Waals surface area contributed by atoms with Gasteiger partial charge in [-0.25, -0.2) is 0 Å². The summed E-state index contributed by atoms with van der Waals surface area (Å²) < 4.78 is 5.15. The highest BCUT2D eigenvalue weighted by molar-refractivity contribution is 5.61. The summed E-state index contributed by atoms with van der Waals surface area (Å²) in [5.74, 6) is 0.369. The van der Waals surface area contributed by atoms with Crippen molar-refractivity contribution in [3.8, 4) is 11.5 Å². The Labute approximate surface area is 124 Å². The molecule has 0 aliphatic carbocycles. The first-order valence-electron chi connectivity index (χ1n) is 6.63. The van der Waals surface area contributed by atoms with Crippen molar-refractivity contribution < 1.29 is 9.84 Å². The van der Waals surface area contributed by atoms with E-state index < -0.39 is 0 Å². The van der Waals surface area contributed by atoms with E-state index in [4.69, 9.17) is 4.74 Å². The molecule has 0 bridgehead atoms. The molecule has 0 aromatic heterocycles. The molecule has 0 radical (unpaired) electrons. The second-order valence-corrected chi connectivity index (χ2v) is 4.69. The zero-order valence-electron chi connectivity index (χ0n) is 12.2. The largest absolute Gasteiger partial charge is 0.503 e. The van der Waals surface area contributed by atoms with Crippen LogP contribution in [0.3, 0.4) is 0 Å². The van der Waals surface area contributed by atoms with Crippen molar-refractivity contribution in [1.29, 1.82) is 0 Å². The molecule has 21 heavy (non-hydrogen) atoms. The molecule has 1 N–H and O–H groups in total. The molecule has 2 rings (SSSR count). The number of ether oxygens (including phenoxy) is 1. The lowest BCUT2D eigenvalue weighted by Crippen LogP contribution is -1.88. The van der Waals surface area contributed by atoms with Crippen molar-refractivity contribution in [3.63, 3.8) is 0 Å². The minimum absolute atomic E-state index is 0.0128. The van der Waals surface area contributed by atoms with Crippen LogP contribution in [0.2, 0.25) is 0 Å². The molecule has 0 saturated carbocycles. The van der Waals surface area contributed by atoms with Gasteiger partial charge in [-0.15, -0.1) is 11.7 Å². The van der Waals surface area contributed by atoms with E-state index in [1.165, 1.54) is 7.11 Å². The number of azo groups is 1. The fourth-order valence-corrected chi connectivity index (χ4v) is 1.89. The van der Waals surface area contributed by atoms with Crippen LogP contribution >= 0.6 is 0 Å². The van der Waals surface area contributed by atoms with Crippen LogP contribution in [0.15, 0.2) is 59.3 Å². The number of phenols is 1. The van der Waals surface area contributed by atoms with E-state index in [0.29, 0.717) is 17.9 Å². The van der Waals surface area contributed by atoms with Crippen LogP contribution in [0.5, 0.6) is 11.5 Å². The molecule has 2 aromatic rings. The van der Waals surface area contributed by atoms with E-state index in [1.54, 1.807) is 18.2 Å². The first kappa shape index (κ1) is 14.8. The fraction of sp³-hybridized carbons (Fsp3) is 0.176. The number of aryl methyl sites for hydroxylation is 1. The predicted octanol–water partition coefficient (Wildman–Crippen LogP) is 4.85. The van der Waals surface area contributed by atoms with E-state index in [-0.39, 0.29) is 5.75 Å². The number of phenolic OH excluding ortho intramolecular Hbond substituents is 1. The zero-order valence-corrected chi connectivity index (χ0v) is 12.2. The van der Waals surface area contributed by atoms with Crippen LogP contribution in [0.4, 0.5) is 11.4 Å². The fourth-order valence-electron chi connectivity index (χ4n) is 1.89. The highest BCUT2D eigenvalue weighted by atomic mass is 16.5. The van der Waals surface area contributed by atoms with Gasteiger partial charge in [0.05, 0.1) is 12.8 Å². The minimum atomic E-state index is -0.0128. The topological polar surface area (TPSA) is 54.2 Å². The lowest BCUT2D eigenvalue weighted by Gasteiger charge is -2.08. The first-order valence-corrected chi connectivity index (χ1v) is 6.63. The van der Waals surface area contributed by atoms with Crippen molar-refractivity contribution in [2.75, 3.05) is 7.11 Å². The first-order chi connectivity index (χ1) is 10.1. The highest BCUT2D eigenvalue weighted by Gasteiger charge is 2.10. The van der Waals surface area contributed by atoms with Crippen molar-refractivity contribution in [3.05, 3.63) is 60.2 Å². The number of benzene rings is 2. The molecule has 4 heteroatoms. The molecule has 2 aromatic carbocycles. The van der Waals surface area contributed by atoms with E-state index >= 15 is 0 Å². The second kappa shape index (κ2) is 6.70. The number of nitrogens with zero attached hydrogens (tertiary/aromatic N) is 2. The van der Waals surface area contributed by atoms with Crippen molar-refractivity contribution in [1.82, 2.24) is 0 Å². The van der Waals surface area contributed by atoms with Crippen molar-refractivity contribution >= 4 is 11.4 Å². The Hall–Kier alpha value is -2.62. The normalized spacial score (nSPS) is 10.8. The molecular weight excluding hydrogens is 264 g/mol. The van der Waals surface area contributed by atoms with Gasteiger partial charge in [-0.2, -0.15) is 5.11 Å². The van der Waals surface area contributed by atoms with Gasteiger partial charge < -0.3 is 9.84 Å². The summed E-state index contributed by atoms with van der Waals surface area (Å²) in [4.78, 5) is 0. The third-order valence-electron chi connectivity index (χ3n) is 3.02. The number of rotatable bonds is 5. The predicted molar refractivity (Wildman–Crippen MR) is 83.9 cm³/mol. The number of hydrogen-bond donors (Lipinski definition) is 1. The minimum Gasteiger partial charge on any atom is -0.503 e. The molecule has 0 unspecified atom stereocenters. The molecule has 4 nitrogen and oxygen atoms in total. The van der Waals surface area contributed by atoms with Gasteiger partial charge in [0.15, 0.2) is 11.5 Å². The Bertz CT molecular complexity index is 661. The maximum Gasteiger partial charge on any atom is 0.185 e. The number of methoxy groups -OCH3 is 1. The van der Waals surface area contributed by atoms with Gasteiger partial charge in [-0.3, -0.25) is 0 Å².